The van der Waals surface area contributed by atoms with Crippen LogP contribution in [-0.2, 0) is 20.2 Å². The Kier molecular flexibility index (Phi) is 7.09. The van der Waals surface area contributed by atoms with Gasteiger partial charge in [-0.3, -0.25) is 19.0 Å². The van der Waals surface area contributed by atoms with E-state index in [-0.39, 0.29) is 23.7 Å². The number of nitrogens with zero attached hydrogens (tertiary/aromatic N) is 4. The van der Waals surface area contributed by atoms with E-state index in [1.165, 1.54) is 16.9 Å². The molecule has 11 heteroatoms. The summed E-state index contributed by atoms with van der Waals surface area (Å²) >= 11 is 0. The number of halogens is 2. The maximum Gasteiger partial charge on any atom is 0.276 e. The number of carbonyl (C=O) groups excluding carboxylic acids is 2. The lowest BCUT2D eigenvalue weighted by Crippen LogP contribution is -2.21. The summed E-state index contributed by atoms with van der Waals surface area (Å²) in [4.78, 5) is 26.0. The number of aryl methyl sites for hydroxylation is 2. The fourth-order valence-corrected chi connectivity index (χ4v) is 3.51. The van der Waals surface area contributed by atoms with E-state index >= 15 is 0 Å². The van der Waals surface area contributed by atoms with E-state index in [2.05, 4.69) is 20.8 Å². The first kappa shape index (κ1) is 24.6. The van der Waals surface area contributed by atoms with Gasteiger partial charge in [0.25, 0.3) is 11.8 Å². The summed E-state index contributed by atoms with van der Waals surface area (Å²) in [5.74, 6) is -2.52. The third kappa shape index (κ3) is 5.24. The molecular weight excluding hydrogens is 470 g/mol. The van der Waals surface area contributed by atoms with E-state index in [4.69, 9.17) is 4.74 Å². The molecule has 0 aliphatic rings. The van der Waals surface area contributed by atoms with Gasteiger partial charge in [0, 0.05) is 25.2 Å². The summed E-state index contributed by atoms with van der Waals surface area (Å²) in [6, 6.07) is 9.58. The molecule has 2 N–H and O–H groups in total. The van der Waals surface area contributed by atoms with Crippen LogP contribution in [0.4, 0.5) is 20.2 Å². The van der Waals surface area contributed by atoms with Gasteiger partial charge in [-0.1, -0.05) is 12.1 Å². The molecule has 2 amide bonds. The van der Waals surface area contributed by atoms with Crippen LogP contribution in [0.2, 0.25) is 0 Å². The molecule has 2 aromatic carbocycles. The second-order valence-electron chi connectivity index (χ2n) is 7.96. The van der Waals surface area contributed by atoms with Gasteiger partial charge in [0.05, 0.1) is 29.5 Å². The molecule has 2 heterocycles. The number of anilines is 2. The first-order valence-electron chi connectivity index (χ1n) is 11.1. The van der Waals surface area contributed by atoms with Crippen molar-refractivity contribution in [3.63, 3.8) is 0 Å². The number of aromatic nitrogens is 4. The highest BCUT2D eigenvalue weighted by atomic mass is 19.1. The third-order valence-corrected chi connectivity index (χ3v) is 5.56. The number of ether oxygens (including phenoxy) is 1. The number of hydrogen-bond acceptors (Lipinski definition) is 5. The zero-order valence-electron chi connectivity index (χ0n) is 19.9. The molecule has 0 unspecified atom stereocenters. The fourth-order valence-electron chi connectivity index (χ4n) is 3.51. The van der Waals surface area contributed by atoms with Crippen LogP contribution >= 0.6 is 0 Å². The van der Waals surface area contributed by atoms with Gasteiger partial charge in [0.1, 0.15) is 18.1 Å². The number of nitrogens with one attached hydrogen (secondary N) is 2. The van der Waals surface area contributed by atoms with Crippen LogP contribution < -0.4 is 15.4 Å². The monoisotopic (exact) mass is 494 g/mol. The molecule has 0 saturated carbocycles. The normalized spacial score (nSPS) is 10.8. The average Bonchev–Trinajstić information content (AvgIpc) is 3.41. The summed E-state index contributed by atoms with van der Waals surface area (Å²) in [5, 5.41) is 13.9. The van der Waals surface area contributed by atoms with Gasteiger partial charge in [-0.25, -0.2) is 8.78 Å². The molecule has 4 rings (SSSR count). The zero-order valence-corrected chi connectivity index (χ0v) is 19.9. The average molecular weight is 495 g/mol. The SMILES string of the molecule is CCn1ncc(NC(=O)c2cccc(COc3ccc(F)cc3F)c2)c1C(=O)Nc1cnn(C)c1C. The lowest BCUT2D eigenvalue weighted by molar-refractivity contribution is 0.101. The minimum Gasteiger partial charge on any atom is -0.486 e. The van der Waals surface area contributed by atoms with Crippen LogP contribution in [0.1, 0.15) is 39.0 Å². The Morgan fingerprint density at radius 3 is 2.44 bits per heavy atom. The highest BCUT2D eigenvalue weighted by molar-refractivity contribution is 6.11. The van der Waals surface area contributed by atoms with Gasteiger partial charge in [0.15, 0.2) is 11.6 Å². The van der Waals surface area contributed by atoms with Gasteiger partial charge >= 0.3 is 0 Å². The van der Waals surface area contributed by atoms with E-state index in [0.717, 1.165) is 17.8 Å². The van der Waals surface area contributed by atoms with Crippen molar-refractivity contribution < 1.29 is 23.1 Å². The van der Waals surface area contributed by atoms with Gasteiger partial charge in [-0.15, -0.1) is 0 Å². The minimum absolute atomic E-state index is 0.0322. The Morgan fingerprint density at radius 2 is 1.75 bits per heavy atom. The first-order chi connectivity index (χ1) is 17.3. The number of amides is 2. The molecule has 0 aliphatic heterocycles. The van der Waals surface area contributed by atoms with Crippen molar-refractivity contribution in [1.82, 2.24) is 19.6 Å². The fraction of sp³-hybridized carbons (Fsp3) is 0.200. The molecule has 0 saturated heterocycles. The zero-order chi connectivity index (χ0) is 25.8. The molecule has 186 valence electrons. The standard InChI is InChI=1S/C25H24F2N6O3/c1-4-33-23(25(35)30-20-12-28-32(3)15(20)2)21(13-29-33)31-24(34)17-7-5-6-16(10-17)14-36-22-9-8-18(26)11-19(22)27/h5-13H,4,14H2,1-3H3,(H,30,35)(H,31,34). The molecule has 0 atom stereocenters. The molecule has 0 radical (unpaired) electrons. The quantitative estimate of drug-likeness (QED) is 0.380. The lowest BCUT2D eigenvalue weighted by Gasteiger charge is -2.11. The van der Waals surface area contributed by atoms with Crippen molar-refractivity contribution in [3.05, 3.63) is 89.0 Å². The molecule has 4 aromatic rings. The topological polar surface area (TPSA) is 103 Å². The highest BCUT2D eigenvalue weighted by Gasteiger charge is 2.21. The van der Waals surface area contributed by atoms with Crippen LogP contribution in [-0.4, -0.2) is 31.4 Å². The Morgan fingerprint density at radius 1 is 1.00 bits per heavy atom. The maximum atomic E-state index is 13.8. The minimum atomic E-state index is -0.816. The lowest BCUT2D eigenvalue weighted by atomic mass is 10.1. The van der Waals surface area contributed by atoms with Crippen molar-refractivity contribution in [1.29, 1.82) is 0 Å². The van der Waals surface area contributed by atoms with Crippen LogP contribution in [0.25, 0.3) is 0 Å². The van der Waals surface area contributed by atoms with Crippen molar-refractivity contribution in [2.75, 3.05) is 10.6 Å². The molecule has 0 spiro atoms. The Labute approximate surface area is 205 Å². The van der Waals surface area contributed by atoms with E-state index in [0.29, 0.717) is 23.4 Å². The summed E-state index contributed by atoms with van der Waals surface area (Å²) < 4.78 is 35.5. The third-order valence-electron chi connectivity index (χ3n) is 5.56. The van der Waals surface area contributed by atoms with E-state index < -0.39 is 23.4 Å². The maximum absolute atomic E-state index is 13.8. The predicted molar refractivity (Wildman–Crippen MR) is 129 cm³/mol. The molecule has 0 fully saturated rings. The largest absolute Gasteiger partial charge is 0.486 e. The number of benzene rings is 2. The van der Waals surface area contributed by atoms with Crippen molar-refractivity contribution in [2.45, 2.75) is 27.0 Å². The first-order valence-corrected chi connectivity index (χ1v) is 11.1. The molecule has 36 heavy (non-hydrogen) atoms. The van der Waals surface area contributed by atoms with Gasteiger partial charge in [-0.05, 0) is 43.7 Å². The summed E-state index contributed by atoms with van der Waals surface area (Å²) in [7, 11) is 1.77. The molecular formula is C25H24F2N6O3. The van der Waals surface area contributed by atoms with Crippen molar-refractivity contribution in [3.8, 4) is 5.75 Å². The number of carbonyl (C=O) groups is 2. The second kappa shape index (κ2) is 10.4. The van der Waals surface area contributed by atoms with Gasteiger partial charge in [-0.2, -0.15) is 10.2 Å². The van der Waals surface area contributed by atoms with E-state index in [1.807, 2.05) is 13.8 Å². The van der Waals surface area contributed by atoms with Gasteiger partial charge < -0.3 is 15.4 Å². The molecule has 9 nitrogen and oxygen atoms in total. The Bertz CT molecular complexity index is 1430. The summed E-state index contributed by atoms with van der Waals surface area (Å²) in [5.41, 5.74) is 2.66. The smallest absolute Gasteiger partial charge is 0.276 e. The number of rotatable bonds is 8. The van der Waals surface area contributed by atoms with E-state index in [1.54, 1.807) is 42.2 Å². The van der Waals surface area contributed by atoms with Crippen molar-refractivity contribution in [2.24, 2.45) is 7.05 Å². The van der Waals surface area contributed by atoms with E-state index in [9.17, 15) is 18.4 Å². The number of hydrogen-bond donors (Lipinski definition) is 2. The molecule has 2 aromatic heterocycles. The molecule has 0 bridgehead atoms. The molecule has 0 aliphatic carbocycles. The van der Waals surface area contributed by atoms with Crippen LogP contribution in [0, 0.1) is 18.6 Å². The van der Waals surface area contributed by atoms with Crippen LogP contribution in [0.5, 0.6) is 5.75 Å². The highest BCUT2D eigenvalue weighted by Crippen LogP contribution is 2.22. The van der Waals surface area contributed by atoms with Gasteiger partial charge in [0.2, 0.25) is 0 Å². The Hall–Kier alpha value is -4.54. The summed E-state index contributed by atoms with van der Waals surface area (Å²) in [6.07, 6.45) is 2.96. The second-order valence-corrected chi connectivity index (χ2v) is 7.96. The predicted octanol–water partition coefficient (Wildman–Crippen LogP) is 4.31. The van der Waals surface area contributed by atoms with Crippen LogP contribution in [0.15, 0.2) is 54.9 Å². The Balaban J connectivity index is 1.49. The van der Waals surface area contributed by atoms with Crippen LogP contribution in [0.3, 0.4) is 0 Å². The van der Waals surface area contributed by atoms with Crippen molar-refractivity contribution >= 4 is 23.2 Å². The summed E-state index contributed by atoms with van der Waals surface area (Å²) in [6.45, 7) is 4.04.